The molecule has 1 aliphatic heterocycles. The quantitative estimate of drug-likeness (QED) is 0.0732. The van der Waals surface area contributed by atoms with Gasteiger partial charge >= 0.3 is 5.97 Å². The third-order valence-electron chi connectivity index (χ3n) is 9.60. The van der Waals surface area contributed by atoms with Gasteiger partial charge in [0.05, 0.1) is 37.1 Å². The van der Waals surface area contributed by atoms with Crippen molar-refractivity contribution in [3.63, 3.8) is 0 Å². The van der Waals surface area contributed by atoms with Gasteiger partial charge in [-0.05, 0) is 74.6 Å². The number of hydrogen-bond acceptors (Lipinski definition) is 12. The molecule has 0 saturated carbocycles. The third-order valence-corrected chi connectivity index (χ3v) is 9.60. The molecule has 3 aromatic rings. The van der Waals surface area contributed by atoms with Crippen molar-refractivity contribution in [2.24, 2.45) is 5.41 Å². The minimum Gasteiger partial charge on any atom is -0.484 e. The fourth-order valence-corrected chi connectivity index (χ4v) is 5.80. The van der Waals surface area contributed by atoms with Gasteiger partial charge in [0.1, 0.15) is 30.7 Å². The highest BCUT2D eigenvalue weighted by atomic mass is 16.7. The summed E-state index contributed by atoms with van der Waals surface area (Å²) in [6.07, 6.45) is -4.67. The molecule has 1 saturated heterocycles. The number of esters is 1. The van der Waals surface area contributed by atoms with Gasteiger partial charge in [-0.1, -0.05) is 68.4 Å². The second-order valence-corrected chi connectivity index (χ2v) is 15.2. The Hall–Kier alpha value is -4.41. The van der Waals surface area contributed by atoms with Gasteiger partial charge in [-0.3, -0.25) is 9.59 Å². The Bertz CT molecular complexity index is 1700. The summed E-state index contributed by atoms with van der Waals surface area (Å²) in [6, 6.07) is 24.0. The number of nitrogens with one attached hydrogen (secondary N) is 2. The van der Waals surface area contributed by atoms with Gasteiger partial charge in [0.2, 0.25) is 5.91 Å². The number of carbonyl (C=O) groups is 3. The van der Waals surface area contributed by atoms with Crippen LogP contribution in [0.5, 0.6) is 5.75 Å². The molecule has 1 heterocycles. The van der Waals surface area contributed by atoms with E-state index in [1.807, 2.05) is 82.3 Å². The predicted molar refractivity (Wildman–Crippen MR) is 211 cm³/mol. The van der Waals surface area contributed by atoms with Gasteiger partial charge in [-0.25, -0.2) is 4.79 Å². The van der Waals surface area contributed by atoms with Crippen LogP contribution in [0.15, 0.2) is 78.9 Å². The molecular weight excluding hydrogens is 736 g/mol. The average molecular weight is 795 g/mol. The first kappa shape index (κ1) is 45.3. The fourth-order valence-electron chi connectivity index (χ4n) is 5.80. The molecule has 0 spiro atoms. The van der Waals surface area contributed by atoms with Gasteiger partial charge in [0.25, 0.3) is 5.91 Å². The Morgan fingerprint density at radius 2 is 1.49 bits per heavy atom. The molecule has 0 unspecified atom stereocenters. The number of carbonyl (C=O) groups excluding carboxylic acids is 3. The van der Waals surface area contributed by atoms with Crippen LogP contribution in [-0.2, 0) is 39.9 Å². The van der Waals surface area contributed by atoms with Crippen molar-refractivity contribution in [3.05, 3.63) is 90.0 Å². The molecule has 57 heavy (non-hydrogen) atoms. The van der Waals surface area contributed by atoms with Crippen molar-refractivity contribution in [3.8, 4) is 16.9 Å². The lowest BCUT2D eigenvalue weighted by Gasteiger charge is -2.38. The molecule has 0 aliphatic carbocycles. The zero-order valence-corrected chi connectivity index (χ0v) is 33.5. The van der Waals surface area contributed by atoms with Crippen molar-refractivity contribution in [1.29, 1.82) is 0 Å². The second-order valence-electron chi connectivity index (χ2n) is 15.2. The molecule has 4 rings (SSSR count). The van der Waals surface area contributed by atoms with E-state index >= 15 is 0 Å². The van der Waals surface area contributed by atoms with E-state index in [2.05, 4.69) is 10.6 Å². The maximum Gasteiger partial charge on any atom is 0.338 e. The first-order chi connectivity index (χ1) is 27.1. The van der Waals surface area contributed by atoms with Crippen molar-refractivity contribution in [1.82, 2.24) is 10.6 Å². The molecular formula is C43H58N2O12. The lowest BCUT2D eigenvalue weighted by atomic mass is 9.88. The molecule has 2 amide bonds. The van der Waals surface area contributed by atoms with Crippen LogP contribution in [-0.4, -0.2) is 116 Å². The van der Waals surface area contributed by atoms with Crippen LogP contribution in [0.3, 0.4) is 0 Å². The zero-order chi connectivity index (χ0) is 41.4. The molecule has 14 heteroatoms. The highest BCUT2D eigenvalue weighted by Gasteiger charge is 2.42. The Morgan fingerprint density at radius 1 is 0.754 bits per heavy atom. The number of aliphatic hydroxyl groups is 3. The van der Waals surface area contributed by atoms with Crippen molar-refractivity contribution in [2.45, 2.75) is 90.4 Å². The number of hydrogen-bond donors (Lipinski definition) is 5. The molecule has 5 atom stereocenters. The van der Waals surface area contributed by atoms with E-state index in [-0.39, 0.29) is 51.4 Å². The lowest BCUT2D eigenvalue weighted by molar-refractivity contribution is -0.294. The smallest absolute Gasteiger partial charge is 0.338 e. The van der Waals surface area contributed by atoms with Crippen LogP contribution in [0.2, 0.25) is 0 Å². The van der Waals surface area contributed by atoms with Crippen LogP contribution >= 0.6 is 0 Å². The molecule has 0 radical (unpaired) electrons. The van der Waals surface area contributed by atoms with E-state index in [0.29, 0.717) is 37.3 Å². The lowest BCUT2D eigenvalue weighted by Crippen LogP contribution is -2.57. The maximum atomic E-state index is 12.8. The van der Waals surface area contributed by atoms with E-state index in [9.17, 15) is 29.7 Å². The highest BCUT2D eigenvalue weighted by Crippen LogP contribution is 2.25. The second kappa shape index (κ2) is 21.9. The Kier molecular flexibility index (Phi) is 17.4. The molecule has 5 N–H and O–H groups in total. The molecule has 1 aliphatic rings. The molecule has 1 fully saturated rings. The highest BCUT2D eigenvalue weighted by molar-refractivity contribution is 5.91. The summed E-state index contributed by atoms with van der Waals surface area (Å²) in [5.41, 5.74) is 1.86. The summed E-state index contributed by atoms with van der Waals surface area (Å²) in [5, 5.41) is 35.4. The normalized spacial score (nSPS) is 19.8. The summed E-state index contributed by atoms with van der Waals surface area (Å²) in [4.78, 5) is 38.0. The van der Waals surface area contributed by atoms with Crippen LogP contribution < -0.4 is 15.4 Å². The van der Waals surface area contributed by atoms with E-state index in [1.165, 1.54) is 0 Å². The number of ether oxygens (including phenoxy) is 6. The third kappa shape index (κ3) is 14.8. The molecule has 0 aromatic heterocycles. The van der Waals surface area contributed by atoms with E-state index in [1.54, 1.807) is 31.2 Å². The van der Waals surface area contributed by atoms with E-state index in [0.717, 1.165) is 16.7 Å². The zero-order valence-electron chi connectivity index (χ0n) is 33.5. The summed E-state index contributed by atoms with van der Waals surface area (Å²) >= 11 is 0. The van der Waals surface area contributed by atoms with E-state index < -0.39 is 47.7 Å². The SMILES string of the molecule is C[C@@H]1O[C@@H](OCCOCCNC(=O)C(C)(C)CCOC(C)(C)CCNC(=O)COc2ccc(-c3cccc(C(=O)OCc4ccccc4)c3)cc2)[C@H](O)[C@H](O)[C@H]1O. The summed E-state index contributed by atoms with van der Waals surface area (Å²) in [5.74, 6) is -0.274. The van der Waals surface area contributed by atoms with Gasteiger partial charge in [0.15, 0.2) is 12.9 Å². The Morgan fingerprint density at radius 3 is 2.23 bits per heavy atom. The van der Waals surface area contributed by atoms with Gasteiger partial charge < -0.3 is 54.4 Å². The number of amides is 2. The molecule has 312 valence electrons. The van der Waals surface area contributed by atoms with Gasteiger partial charge in [-0.2, -0.15) is 0 Å². The summed E-state index contributed by atoms with van der Waals surface area (Å²) in [7, 11) is 0. The van der Waals surface area contributed by atoms with Gasteiger partial charge in [0, 0.05) is 25.1 Å². The molecule has 0 bridgehead atoms. The topological polar surface area (TPSA) is 191 Å². The van der Waals surface area contributed by atoms with Crippen molar-refractivity contribution in [2.75, 3.05) is 46.1 Å². The summed E-state index contributed by atoms with van der Waals surface area (Å²) in [6.45, 7) is 10.7. The Balaban J connectivity index is 1.06. The van der Waals surface area contributed by atoms with Crippen molar-refractivity contribution >= 4 is 17.8 Å². The predicted octanol–water partition coefficient (Wildman–Crippen LogP) is 3.78. The minimum absolute atomic E-state index is 0.0896. The van der Waals surface area contributed by atoms with Crippen LogP contribution in [0.1, 0.15) is 63.4 Å². The number of benzene rings is 3. The number of aliphatic hydroxyl groups excluding tert-OH is 3. The molecule has 14 nitrogen and oxygen atoms in total. The van der Waals surface area contributed by atoms with Crippen LogP contribution in [0, 0.1) is 5.41 Å². The molecule has 3 aromatic carbocycles. The Labute approximate surface area is 334 Å². The van der Waals surface area contributed by atoms with Gasteiger partial charge in [-0.15, -0.1) is 0 Å². The van der Waals surface area contributed by atoms with E-state index in [4.69, 9.17) is 28.4 Å². The summed E-state index contributed by atoms with van der Waals surface area (Å²) < 4.78 is 33.6. The largest absolute Gasteiger partial charge is 0.484 e. The minimum atomic E-state index is -1.37. The van der Waals surface area contributed by atoms with Crippen LogP contribution in [0.25, 0.3) is 11.1 Å². The first-order valence-corrected chi connectivity index (χ1v) is 19.3. The number of rotatable bonds is 22. The van der Waals surface area contributed by atoms with Crippen LogP contribution in [0.4, 0.5) is 0 Å². The maximum absolute atomic E-state index is 12.8. The van der Waals surface area contributed by atoms with Crippen molar-refractivity contribution < 1.29 is 58.1 Å². The fraction of sp³-hybridized carbons (Fsp3) is 0.512. The first-order valence-electron chi connectivity index (χ1n) is 19.3. The average Bonchev–Trinajstić information content (AvgIpc) is 3.20. The standard InChI is InChI=1S/C43H58N2O12/c1-29-36(47)37(48)38(49)40(57-29)53-25-24-52-23-21-45-41(51)42(2,3)19-22-56-43(4,5)18-20-44-35(46)28-54-34-16-14-31(15-17-34)32-12-9-13-33(26-32)39(50)55-27-30-10-7-6-8-11-30/h6-17,26,29,36-38,40,47-49H,18-25,27-28H2,1-5H3,(H,44,46)(H,45,51)/t29-,36-,37+,38+,40+/m0/s1. The monoisotopic (exact) mass is 794 g/mol.